The molecule has 17 heavy (non-hydrogen) atoms. The normalized spacial score (nSPS) is 10.5. The molecule has 88 valence electrons. The van der Waals surface area contributed by atoms with Crippen LogP contribution in [-0.4, -0.2) is 20.3 Å². The first-order chi connectivity index (χ1) is 8.22. The van der Waals surface area contributed by atoms with Gasteiger partial charge in [0.2, 0.25) is 0 Å². The smallest absolute Gasteiger partial charge is 0.170 e. The Hall–Kier alpha value is -1.97. The van der Waals surface area contributed by atoms with Gasteiger partial charge in [-0.25, -0.2) is 4.98 Å². The Bertz CT molecular complexity index is 531. The van der Waals surface area contributed by atoms with E-state index < -0.39 is 0 Å². The number of pyridine rings is 1. The lowest BCUT2D eigenvalue weighted by atomic mass is 10.1. The first kappa shape index (κ1) is 11.5. The maximum atomic E-state index is 12.1. The first-order valence-electron chi connectivity index (χ1n) is 5.66. The highest BCUT2D eigenvalue weighted by Crippen LogP contribution is 2.10. The number of hydrogen-bond acceptors (Lipinski definition) is 3. The van der Waals surface area contributed by atoms with Crippen molar-refractivity contribution in [2.24, 2.45) is 0 Å². The van der Waals surface area contributed by atoms with Crippen LogP contribution in [0.3, 0.4) is 0 Å². The Balaban J connectivity index is 2.20. The molecule has 2 aromatic rings. The Morgan fingerprint density at radius 1 is 1.41 bits per heavy atom. The molecule has 0 atom stereocenters. The number of imidazole rings is 1. The summed E-state index contributed by atoms with van der Waals surface area (Å²) in [4.78, 5) is 20.3. The minimum absolute atomic E-state index is 0.0887. The van der Waals surface area contributed by atoms with Crippen molar-refractivity contribution in [3.8, 4) is 0 Å². The van der Waals surface area contributed by atoms with Gasteiger partial charge in [0.25, 0.3) is 0 Å². The molecule has 2 rings (SSSR count). The zero-order valence-electron chi connectivity index (χ0n) is 10.1. The minimum atomic E-state index is 0.0887. The number of hydrogen-bond donors (Lipinski definition) is 0. The minimum Gasteiger partial charge on any atom is -0.335 e. The summed E-state index contributed by atoms with van der Waals surface area (Å²) in [5.41, 5.74) is 1.64. The van der Waals surface area contributed by atoms with Gasteiger partial charge in [0.05, 0.1) is 6.42 Å². The maximum Gasteiger partial charge on any atom is 0.170 e. The van der Waals surface area contributed by atoms with Gasteiger partial charge >= 0.3 is 0 Å². The molecule has 2 heterocycles. The summed E-state index contributed by atoms with van der Waals surface area (Å²) in [5.74, 6) is 0.902. The lowest BCUT2D eigenvalue weighted by molar-refractivity contribution is 0.0989. The molecule has 0 radical (unpaired) electrons. The molecule has 0 aliphatic carbocycles. The summed E-state index contributed by atoms with van der Waals surface area (Å²) in [6, 6.07) is 1.76. The first-order valence-corrected chi connectivity index (χ1v) is 5.66. The van der Waals surface area contributed by atoms with Crippen molar-refractivity contribution in [3.05, 3.63) is 47.8 Å². The molecule has 0 aliphatic rings. The van der Waals surface area contributed by atoms with Crippen molar-refractivity contribution in [3.63, 3.8) is 0 Å². The molecule has 0 unspecified atom stereocenters. The second kappa shape index (κ2) is 4.91. The number of aromatic nitrogens is 3. The molecule has 0 saturated carbocycles. The number of Topliss-reactive ketones (excluding diaryl/α,β-unsaturated/α-hetero) is 1. The fourth-order valence-corrected chi connectivity index (χ4v) is 1.82. The maximum absolute atomic E-state index is 12.1. The molecule has 0 amide bonds. The van der Waals surface area contributed by atoms with Crippen LogP contribution in [0.5, 0.6) is 0 Å². The zero-order valence-corrected chi connectivity index (χ0v) is 10.1. The van der Waals surface area contributed by atoms with Crippen LogP contribution >= 0.6 is 0 Å². The van der Waals surface area contributed by atoms with Gasteiger partial charge in [-0.15, -0.1) is 0 Å². The Morgan fingerprint density at radius 3 is 2.94 bits per heavy atom. The van der Waals surface area contributed by atoms with E-state index in [4.69, 9.17) is 0 Å². The fourth-order valence-electron chi connectivity index (χ4n) is 1.82. The molecule has 2 aromatic heterocycles. The number of carbonyl (C=O) groups is 1. The Kier molecular flexibility index (Phi) is 3.32. The molecule has 4 nitrogen and oxygen atoms in total. The Morgan fingerprint density at radius 2 is 2.24 bits per heavy atom. The second-order valence-electron chi connectivity index (χ2n) is 3.92. The molecule has 0 bridgehead atoms. The van der Waals surface area contributed by atoms with E-state index in [1.54, 1.807) is 24.7 Å². The summed E-state index contributed by atoms with van der Waals surface area (Å²) in [7, 11) is 0. The Labute approximate surface area is 100 Å². The van der Waals surface area contributed by atoms with Gasteiger partial charge < -0.3 is 4.57 Å². The third-order valence-corrected chi connectivity index (χ3v) is 2.78. The predicted molar refractivity (Wildman–Crippen MR) is 64.9 cm³/mol. The van der Waals surface area contributed by atoms with Crippen LogP contribution in [0.15, 0.2) is 30.9 Å². The van der Waals surface area contributed by atoms with Crippen molar-refractivity contribution in [2.75, 3.05) is 0 Å². The number of nitrogens with zero attached hydrogens (tertiary/aromatic N) is 3. The van der Waals surface area contributed by atoms with Crippen LogP contribution < -0.4 is 0 Å². The SMILES string of the molecule is CCn1ccnc1CC(=O)c1ccncc1C. The van der Waals surface area contributed by atoms with Crippen molar-refractivity contribution < 1.29 is 4.79 Å². The summed E-state index contributed by atoms with van der Waals surface area (Å²) in [6.07, 6.45) is 7.31. The molecule has 0 aliphatic heterocycles. The number of rotatable bonds is 4. The van der Waals surface area contributed by atoms with Crippen LogP contribution in [0.25, 0.3) is 0 Å². The van der Waals surface area contributed by atoms with E-state index in [1.807, 2.05) is 24.6 Å². The number of aryl methyl sites for hydroxylation is 2. The van der Waals surface area contributed by atoms with Crippen molar-refractivity contribution >= 4 is 5.78 Å². The molecule has 0 fully saturated rings. The van der Waals surface area contributed by atoms with Crippen LogP contribution in [0.2, 0.25) is 0 Å². The molecule has 0 saturated heterocycles. The van der Waals surface area contributed by atoms with Crippen LogP contribution in [-0.2, 0) is 13.0 Å². The van der Waals surface area contributed by atoms with Gasteiger partial charge in [-0.3, -0.25) is 9.78 Å². The molecular formula is C13H15N3O. The summed E-state index contributed by atoms with van der Waals surface area (Å²) >= 11 is 0. The number of carbonyl (C=O) groups excluding carboxylic acids is 1. The van der Waals surface area contributed by atoms with Gasteiger partial charge in [-0.05, 0) is 25.5 Å². The summed E-state index contributed by atoms with van der Waals surface area (Å²) in [5, 5.41) is 0. The van der Waals surface area contributed by atoms with E-state index in [2.05, 4.69) is 9.97 Å². The standard InChI is InChI=1S/C13H15N3O/c1-3-16-7-6-15-13(16)8-12(17)11-4-5-14-9-10(11)2/h4-7,9H,3,8H2,1-2H3. The monoisotopic (exact) mass is 229 g/mol. The second-order valence-corrected chi connectivity index (χ2v) is 3.92. The highest BCUT2D eigenvalue weighted by molar-refractivity contribution is 5.98. The van der Waals surface area contributed by atoms with Crippen LogP contribution in [0.4, 0.5) is 0 Å². The quantitative estimate of drug-likeness (QED) is 0.754. The number of ketones is 1. The van der Waals surface area contributed by atoms with E-state index in [-0.39, 0.29) is 5.78 Å². The average Bonchev–Trinajstić information content (AvgIpc) is 2.76. The van der Waals surface area contributed by atoms with Gasteiger partial charge in [0, 0.05) is 36.9 Å². The van der Waals surface area contributed by atoms with E-state index in [0.29, 0.717) is 6.42 Å². The van der Waals surface area contributed by atoms with Crippen molar-refractivity contribution in [1.82, 2.24) is 14.5 Å². The third-order valence-electron chi connectivity index (χ3n) is 2.78. The topological polar surface area (TPSA) is 47.8 Å². The third kappa shape index (κ3) is 2.41. The molecular weight excluding hydrogens is 214 g/mol. The lowest BCUT2D eigenvalue weighted by Crippen LogP contribution is -2.10. The molecule has 0 spiro atoms. The highest BCUT2D eigenvalue weighted by atomic mass is 16.1. The van der Waals surface area contributed by atoms with Gasteiger partial charge in [-0.2, -0.15) is 0 Å². The zero-order chi connectivity index (χ0) is 12.3. The van der Waals surface area contributed by atoms with Crippen molar-refractivity contribution in [1.29, 1.82) is 0 Å². The van der Waals surface area contributed by atoms with E-state index in [1.165, 1.54) is 0 Å². The summed E-state index contributed by atoms with van der Waals surface area (Å²) < 4.78 is 1.98. The van der Waals surface area contributed by atoms with Crippen LogP contribution in [0.1, 0.15) is 28.7 Å². The van der Waals surface area contributed by atoms with Gasteiger partial charge in [-0.1, -0.05) is 0 Å². The fraction of sp³-hybridized carbons (Fsp3) is 0.308. The lowest BCUT2D eigenvalue weighted by Gasteiger charge is -2.05. The van der Waals surface area contributed by atoms with E-state index in [9.17, 15) is 4.79 Å². The van der Waals surface area contributed by atoms with E-state index >= 15 is 0 Å². The molecule has 4 heteroatoms. The molecule has 0 N–H and O–H groups in total. The largest absolute Gasteiger partial charge is 0.335 e. The average molecular weight is 229 g/mol. The van der Waals surface area contributed by atoms with E-state index in [0.717, 1.165) is 23.5 Å². The molecule has 0 aromatic carbocycles. The van der Waals surface area contributed by atoms with Crippen LogP contribution in [0, 0.1) is 6.92 Å². The van der Waals surface area contributed by atoms with Crippen molar-refractivity contribution in [2.45, 2.75) is 26.8 Å². The van der Waals surface area contributed by atoms with Gasteiger partial charge in [0.1, 0.15) is 5.82 Å². The highest BCUT2D eigenvalue weighted by Gasteiger charge is 2.12. The predicted octanol–water partition coefficient (Wildman–Crippen LogP) is 2.03. The van der Waals surface area contributed by atoms with Gasteiger partial charge in [0.15, 0.2) is 5.78 Å². The summed E-state index contributed by atoms with van der Waals surface area (Å²) in [6.45, 7) is 4.76.